The van der Waals surface area contributed by atoms with Crippen LogP contribution in [0.5, 0.6) is 5.75 Å². The second kappa shape index (κ2) is 12.2. The summed E-state index contributed by atoms with van der Waals surface area (Å²) < 4.78 is 5.97. The minimum Gasteiger partial charge on any atom is -0.488 e. The number of rotatable bonds is 9. The van der Waals surface area contributed by atoms with E-state index >= 15 is 0 Å². The second-order valence-electron chi connectivity index (χ2n) is 10.5. The topological polar surface area (TPSA) is 75.6 Å². The summed E-state index contributed by atoms with van der Waals surface area (Å²) in [6.07, 6.45) is 0.132. The summed E-state index contributed by atoms with van der Waals surface area (Å²) >= 11 is 6.18. The largest absolute Gasteiger partial charge is 0.488 e. The molecule has 200 valence electrons. The molecule has 1 atom stereocenters. The van der Waals surface area contributed by atoms with Crippen LogP contribution in [0.3, 0.4) is 0 Å². The minimum absolute atomic E-state index is 0.0471. The van der Waals surface area contributed by atoms with Crippen LogP contribution in [0.25, 0.3) is 11.1 Å². The van der Waals surface area contributed by atoms with Gasteiger partial charge >= 0.3 is 5.97 Å². The predicted molar refractivity (Wildman–Crippen MR) is 155 cm³/mol. The smallest absolute Gasteiger partial charge is 0.326 e. The molecule has 0 spiro atoms. The molecule has 1 amide bonds. The van der Waals surface area contributed by atoms with Gasteiger partial charge in [-0.3, -0.25) is 4.79 Å². The normalized spacial score (nSPS) is 12.0. The van der Waals surface area contributed by atoms with Crippen LogP contribution in [0.1, 0.15) is 47.8 Å². The molecule has 0 saturated heterocycles. The molecular weight excluding hydrogens is 510 g/mol. The van der Waals surface area contributed by atoms with E-state index in [1.807, 2.05) is 66.7 Å². The van der Waals surface area contributed by atoms with Gasteiger partial charge < -0.3 is 15.2 Å². The summed E-state index contributed by atoms with van der Waals surface area (Å²) in [6, 6.07) is 29.3. The lowest BCUT2D eigenvalue weighted by Crippen LogP contribution is -2.42. The van der Waals surface area contributed by atoms with Crippen molar-refractivity contribution in [1.82, 2.24) is 5.32 Å². The molecule has 2 N–H and O–H groups in total. The number of hydrogen-bond donors (Lipinski definition) is 2. The highest BCUT2D eigenvalue weighted by Crippen LogP contribution is 2.26. The van der Waals surface area contributed by atoms with Gasteiger partial charge in [-0.15, -0.1) is 0 Å². The minimum atomic E-state index is -1.13. The zero-order chi connectivity index (χ0) is 28.0. The fourth-order valence-corrected chi connectivity index (χ4v) is 4.38. The molecule has 0 radical (unpaired) electrons. The summed E-state index contributed by atoms with van der Waals surface area (Å²) in [7, 11) is 0. The highest BCUT2D eigenvalue weighted by molar-refractivity contribution is 6.31. The SMILES string of the molecule is CC(C)(C)c1ccc(COc2ccc(Cl)cc2C(=O)NC(Cc2ccc(-c3ccccc3)cc2)C(=O)O)cc1. The lowest BCUT2D eigenvalue weighted by atomic mass is 9.87. The molecule has 0 saturated carbocycles. The molecule has 4 aromatic rings. The van der Waals surface area contributed by atoms with E-state index in [1.165, 1.54) is 11.6 Å². The van der Waals surface area contributed by atoms with Crippen molar-refractivity contribution >= 4 is 23.5 Å². The van der Waals surface area contributed by atoms with E-state index in [0.29, 0.717) is 10.8 Å². The van der Waals surface area contributed by atoms with Crippen LogP contribution in [0.15, 0.2) is 97.1 Å². The van der Waals surface area contributed by atoms with Crippen molar-refractivity contribution in [3.63, 3.8) is 0 Å². The van der Waals surface area contributed by atoms with Crippen LogP contribution >= 0.6 is 11.6 Å². The van der Waals surface area contributed by atoms with Gasteiger partial charge in [0, 0.05) is 11.4 Å². The van der Waals surface area contributed by atoms with E-state index in [0.717, 1.165) is 22.3 Å². The molecule has 0 fully saturated rings. The van der Waals surface area contributed by atoms with Gasteiger partial charge in [0.05, 0.1) is 5.56 Å². The first kappa shape index (κ1) is 27.9. The Labute approximate surface area is 234 Å². The lowest BCUT2D eigenvalue weighted by Gasteiger charge is -2.19. The van der Waals surface area contributed by atoms with E-state index in [9.17, 15) is 14.7 Å². The van der Waals surface area contributed by atoms with Gasteiger partial charge in [-0.2, -0.15) is 0 Å². The van der Waals surface area contributed by atoms with Gasteiger partial charge in [-0.25, -0.2) is 4.79 Å². The third-order valence-electron chi connectivity index (χ3n) is 6.50. The molecular formula is C33H32ClNO4. The number of carboxylic acids is 1. The van der Waals surface area contributed by atoms with Gasteiger partial charge in [0.25, 0.3) is 5.91 Å². The van der Waals surface area contributed by atoms with E-state index in [-0.39, 0.29) is 24.0 Å². The summed E-state index contributed by atoms with van der Waals surface area (Å²) in [5.74, 6) is -1.36. The lowest BCUT2D eigenvalue weighted by molar-refractivity contribution is -0.139. The van der Waals surface area contributed by atoms with Crippen molar-refractivity contribution in [3.8, 4) is 16.9 Å². The zero-order valence-electron chi connectivity index (χ0n) is 22.3. The first-order chi connectivity index (χ1) is 18.6. The van der Waals surface area contributed by atoms with Crippen molar-refractivity contribution in [3.05, 3.63) is 124 Å². The van der Waals surface area contributed by atoms with E-state index < -0.39 is 17.9 Å². The maximum absolute atomic E-state index is 13.2. The number of carbonyl (C=O) groups is 2. The van der Waals surface area contributed by atoms with Gasteiger partial charge in [0.2, 0.25) is 0 Å². The standard InChI is InChI=1S/C33H32ClNO4/c1-33(2,3)26-15-11-23(12-16-26)21-39-30-18-17-27(34)20-28(30)31(36)35-29(32(37)38)19-22-9-13-25(14-10-22)24-7-5-4-6-8-24/h4-18,20,29H,19,21H2,1-3H3,(H,35,36)(H,37,38). The first-order valence-corrected chi connectivity index (χ1v) is 13.2. The molecule has 0 aliphatic carbocycles. The van der Waals surface area contributed by atoms with Crippen LogP contribution in [0.2, 0.25) is 5.02 Å². The van der Waals surface area contributed by atoms with Crippen molar-refractivity contribution in [2.75, 3.05) is 0 Å². The predicted octanol–water partition coefficient (Wildman–Crippen LogP) is 7.31. The molecule has 39 heavy (non-hydrogen) atoms. The Morgan fingerprint density at radius 1 is 0.846 bits per heavy atom. The third kappa shape index (κ3) is 7.49. The molecule has 0 aromatic heterocycles. The third-order valence-corrected chi connectivity index (χ3v) is 6.74. The zero-order valence-corrected chi connectivity index (χ0v) is 23.0. The highest BCUT2D eigenvalue weighted by Gasteiger charge is 2.23. The molecule has 1 unspecified atom stereocenters. The number of amides is 1. The first-order valence-electron chi connectivity index (χ1n) is 12.8. The van der Waals surface area contributed by atoms with Gasteiger partial charge in [0.1, 0.15) is 18.4 Å². The highest BCUT2D eigenvalue weighted by atomic mass is 35.5. The molecule has 4 aromatic carbocycles. The van der Waals surface area contributed by atoms with Gasteiger partial charge in [-0.05, 0) is 51.4 Å². The molecule has 0 heterocycles. The molecule has 0 aliphatic rings. The van der Waals surface area contributed by atoms with Crippen LogP contribution in [-0.4, -0.2) is 23.0 Å². The average molecular weight is 542 g/mol. The number of benzene rings is 4. The van der Waals surface area contributed by atoms with Crippen molar-refractivity contribution in [2.24, 2.45) is 0 Å². The number of carboxylic acid groups (broad SMARTS) is 1. The van der Waals surface area contributed by atoms with E-state index in [4.69, 9.17) is 16.3 Å². The van der Waals surface area contributed by atoms with Crippen LogP contribution in [0, 0.1) is 0 Å². The molecule has 4 rings (SSSR count). The summed E-state index contributed by atoms with van der Waals surface area (Å²) in [5.41, 5.74) is 5.29. The summed E-state index contributed by atoms with van der Waals surface area (Å²) in [4.78, 5) is 25.3. The average Bonchev–Trinajstić information content (AvgIpc) is 2.92. The Kier molecular flexibility index (Phi) is 8.72. The second-order valence-corrected chi connectivity index (χ2v) is 10.9. The van der Waals surface area contributed by atoms with Crippen molar-refractivity contribution in [1.29, 1.82) is 0 Å². The Morgan fingerprint density at radius 3 is 2.08 bits per heavy atom. The molecule has 0 aliphatic heterocycles. The van der Waals surface area contributed by atoms with E-state index in [1.54, 1.807) is 12.1 Å². The number of carbonyl (C=O) groups excluding carboxylic acids is 1. The fourth-order valence-electron chi connectivity index (χ4n) is 4.20. The number of hydrogen-bond acceptors (Lipinski definition) is 3. The molecule has 0 bridgehead atoms. The maximum Gasteiger partial charge on any atom is 0.326 e. The number of aliphatic carboxylic acids is 1. The van der Waals surface area contributed by atoms with Gasteiger partial charge in [0.15, 0.2) is 0 Å². The molecule has 5 nitrogen and oxygen atoms in total. The van der Waals surface area contributed by atoms with E-state index in [2.05, 4.69) is 38.2 Å². The monoisotopic (exact) mass is 541 g/mol. The Balaban J connectivity index is 1.45. The Morgan fingerprint density at radius 2 is 1.46 bits per heavy atom. The van der Waals surface area contributed by atoms with Gasteiger partial charge in [-0.1, -0.05) is 111 Å². The Hall–Kier alpha value is -4.09. The van der Waals surface area contributed by atoms with Crippen LogP contribution < -0.4 is 10.1 Å². The van der Waals surface area contributed by atoms with Crippen molar-refractivity contribution in [2.45, 2.75) is 45.3 Å². The molecule has 6 heteroatoms. The quantitative estimate of drug-likeness (QED) is 0.233. The van der Waals surface area contributed by atoms with Crippen LogP contribution in [0.4, 0.5) is 0 Å². The fraction of sp³-hybridized carbons (Fsp3) is 0.212. The number of halogens is 1. The maximum atomic E-state index is 13.2. The van der Waals surface area contributed by atoms with Crippen LogP contribution in [-0.2, 0) is 23.2 Å². The summed E-state index contributed by atoms with van der Waals surface area (Å²) in [6.45, 7) is 6.71. The van der Waals surface area contributed by atoms with Crippen molar-refractivity contribution < 1.29 is 19.4 Å². The summed E-state index contributed by atoms with van der Waals surface area (Å²) in [5, 5.41) is 12.8. The Bertz CT molecular complexity index is 1430. The number of nitrogens with one attached hydrogen (secondary N) is 1. The number of ether oxygens (including phenoxy) is 1.